The SMILES string of the molecule is CC[C@H](C)[C@@H](NC(=O)[C@@H](C)NC(=O)[C@H](Cc1cnc[nH]1)NC(=O)[C@H](CC(C)C)NC(=O)[C@H](N)Cc1ccccc1)C(=O)N[C@H]1CCCCNC1=O. The molecule has 2 aromatic rings. The van der Waals surface area contributed by atoms with Crippen LogP contribution in [-0.2, 0) is 41.6 Å². The lowest BCUT2D eigenvalue weighted by Crippen LogP contribution is -2.60. The van der Waals surface area contributed by atoms with Crippen LogP contribution in [0.5, 0.6) is 0 Å². The van der Waals surface area contributed by atoms with Crippen molar-refractivity contribution in [1.82, 2.24) is 41.9 Å². The minimum absolute atomic E-state index is 0.0163. The molecule has 0 aliphatic carbocycles. The Bertz CT molecular complexity index is 1450. The molecule has 1 aromatic carbocycles. The maximum Gasteiger partial charge on any atom is 0.243 e. The Balaban J connectivity index is 1.70. The van der Waals surface area contributed by atoms with Gasteiger partial charge in [-0.3, -0.25) is 28.8 Å². The summed E-state index contributed by atoms with van der Waals surface area (Å²) in [4.78, 5) is 86.5. The fraction of sp³-hybridized carbons (Fsp3) is 0.583. The van der Waals surface area contributed by atoms with E-state index in [1.807, 2.05) is 58.0 Å². The van der Waals surface area contributed by atoms with Crippen LogP contribution in [-0.4, -0.2) is 88.2 Å². The number of carbonyl (C=O) groups is 6. The zero-order valence-corrected chi connectivity index (χ0v) is 30.3. The van der Waals surface area contributed by atoms with E-state index in [1.54, 1.807) is 0 Å². The summed E-state index contributed by atoms with van der Waals surface area (Å²) < 4.78 is 0. The third-order valence-corrected chi connectivity index (χ3v) is 8.98. The standard InChI is InChI=1S/C36H55N9O6/c1-6-22(4)30(36(51)42-27-14-10-11-15-39-33(27)48)45-31(46)23(5)41-34(49)29(18-25-19-38-20-40-25)44-35(50)28(16-21(2)3)43-32(47)26(37)17-24-12-8-7-9-13-24/h7-9,12-13,19-23,26-30H,6,10-11,14-18,37H2,1-5H3,(H,38,40)(H,39,48)(H,41,49)(H,42,51)(H,43,47)(H,44,50)(H,45,46)/t22-,23+,26+,27-,28-,29-,30+/m0/s1. The number of rotatable bonds is 18. The number of hydrogen-bond acceptors (Lipinski definition) is 8. The summed E-state index contributed by atoms with van der Waals surface area (Å²) in [6.45, 7) is 9.54. The first-order valence-corrected chi connectivity index (χ1v) is 17.8. The molecule has 0 saturated carbocycles. The van der Waals surface area contributed by atoms with Crippen molar-refractivity contribution in [3.05, 3.63) is 54.1 Å². The fourth-order valence-corrected chi connectivity index (χ4v) is 5.74. The third-order valence-electron chi connectivity index (χ3n) is 8.98. The maximum absolute atomic E-state index is 13.7. The molecule has 1 saturated heterocycles. The molecule has 1 fully saturated rings. The van der Waals surface area contributed by atoms with Gasteiger partial charge in [0.15, 0.2) is 0 Å². The molecule has 2 heterocycles. The van der Waals surface area contributed by atoms with Crippen molar-refractivity contribution in [2.75, 3.05) is 6.54 Å². The van der Waals surface area contributed by atoms with E-state index in [0.29, 0.717) is 25.1 Å². The van der Waals surface area contributed by atoms with E-state index < -0.39 is 65.8 Å². The summed E-state index contributed by atoms with van der Waals surface area (Å²) in [6.07, 6.45) is 6.20. The monoisotopic (exact) mass is 709 g/mol. The molecule has 0 unspecified atom stereocenters. The molecule has 3 rings (SSSR count). The Hall–Kier alpha value is -4.79. The molecule has 15 nitrogen and oxygen atoms in total. The number of imidazole rings is 1. The van der Waals surface area contributed by atoms with Crippen molar-refractivity contribution in [2.24, 2.45) is 17.6 Å². The number of nitrogens with two attached hydrogens (primary N) is 1. The summed E-state index contributed by atoms with van der Waals surface area (Å²) in [7, 11) is 0. The molecule has 6 amide bonds. The van der Waals surface area contributed by atoms with Gasteiger partial charge in [-0.05, 0) is 56.4 Å². The minimum atomic E-state index is -1.15. The van der Waals surface area contributed by atoms with Crippen molar-refractivity contribution in [3.8, 4) is 0 Å². The topological polar surface area (TPSA) is 229 Å². The smallest absolute Gasteiger partial charge is 0.243 e. The molecule has 280 valence electrons. The Kier molecular flexibility index (Phi) is 16.1. The highest BCUT2D eigenvalue weighted by Crippen LogP contribution is 2.12. The van der Waals surface area contributed by atoms with Gasteiger partial charge in [0.05, 0.1) is 12.4 Å². The van der Waals surface area contributed by atoms with Crippen molar-refractivity contribution in [2.45, 2.75) is 116 Å². The lowest BCUT2D eigenvalue weighted by Gasteiger charge is -2.28. The van der Waals surface area contributed by atoms with Gasteiger partial charge in [-0.1, -0.05) is 64.4 Å². The first-order valence-electron chi connectivity index (χ1n) is 17.8. The van der Waals surface area contributed by atoms with Gasteiger partial charge in [-0.2, -0.15) is 0 Å². The molecule has 1 aromatic heterocycles. The van der Waals surface area contributed by atoms with Crippen LogP contribution in [0.2, 0.25) is 0 Å². The number of nitrogens with one attached hydrogen (secondary N) is 7. The molecular formula is C36H55N9O6. The molecule has 0 spiro atoms. The number of H-pyrrole nitrogens is 1. The zero-order chi connectivity index (χ0) is 37.5. The molecule has 1 aliphatic heterocycles. The van der Waals surface area contributed by atoms with E-state index in [9.17, 15) is 28.8 Å². The summed E-state index contributed by atoms with van der Waals surface area (Å²) in [5, 5.41) is 16.5. The van der Waals surface area contributed by atoms with Crippen LogP contribution >= 0.6 is 0 Å². The number of aromatic amines is 1. The highest BCUT2D eigenvalue weighted by molar-refractivity contribution is 5.96. The number of benzene rings is 1. The van der Waals surface area contributed by atoms with Crippen LogP contribution in [0.15, 0.2) is 42.9 Å². The van der Waals surface area contributed by atoms with E-state index in [2.05, 4.69) is 41.9 Å². The van der Waals surface area contributed by atoms with Gasteiger partial charge in [0.2, 0.25) is 35.4 Å². The van der Waals surface area contributed by atoms with Crippen molar-refractivity contribution in [1.29, 1.82) is 0 Å². The number of amides is 6. The molecule has 0 bridgehead atoms. The number of hydrogen-bond donors (Lipinski definition) is 8. The average molecular weight is 710 g/mol. The van der Waals surface area contributed by atoms with Gasteiger partial charge in [-0.15, -0.1) is 0 Å². The first kappa shape index (κ1) is 40.6. The van der Waals surface area contributed by atoms with E-state index in [4.69, 9.17) is 5.73 Å². The normalized spacial score (nSPS) is 18.1. The van der Waals surface area contributed by atoms with Gasteiger partial charge in [-0.25, -0.2) is 4.98 Å². The van der Waals surface area contributed by atoms with Gasteiger partial charge < -0.3 is 42.6 Å². The second-order valence-corrected chi connectivity index (χ2v) is 13.8. The quantitative estimate of drug-likeness (QED) is 0.108. The van der Waals surface area contributed by atoms with Crippen LogP contribution in [0.25, 0.3) is 0 Å². The molecule has 51 heavy (non-hydrogen) atoms. The lowest BCUT2D eigenvalue weighted by molar-refractivity contribution is -0.135. The van der Waals surface area contributed by atoms with Crippen LogP contribution in [0.1, 0.15) is 78.0 Å². The second-order valence-electron chi connectivity index (χ2n) is 13.8. The number of aromatic nitrogens is 2. The summed E-state index contributed by atoms with van der Waals surface area (Å²) in [6, 6.07) is 3.52. The van der Waals surface area contributed by atoms with Crippen LogP contribution < -0.4 is 37.6 Å². The van der Waals surface area contributed by atoms with Crippen LogP contribution in [0.3, 0.4) is 0 Å². The van der Waals surface area contributed by atoms with Gasteiger partial charge in [0, 0.05) is 24.9 Å². The van der Waals surface area contributed by atoms with E-state index in [0.717, 1.165) is 18.4 Å². The minimum Gasteiger partial charge on any atom is -0.354 e. The molecule has 15 heteroatoms. The first-order chi connectivity index (χ1) is 24.3. The van der Waals surface area contributed by atoms with Crippen molar-refractivity contribution in [3.63, 3.8) is 0 Å². The van der Waals surface area contributed by atoms with Crippen LogP contribution in [0, 0.1) is 11.8 Å². The Labute approximate surface area is 299 Å². The highest BCUT2D eigenvalue weighted by atomic mass is 16.2. The van der Waals surface area contributed by atoms with Gasteiger partial charge >= 0.3 is 0 Å². The summed E-state index contributed by atoms with van der Waals surface area (Å²) >= 11 is 0. The Morgan fingerprint density at radius 1 is 0.863 bits per heavy atom. The molecule has 9 N–H and O–H groups in total. The lowest BCUT2D eigenvalue weighted by atomic mass is 9.97. The highest BCUT2D eigenvalue weighted by Gasteiger charge is 2.34. The van der Waals surface area contributed by atoms with E-state index in [1.165, 1.54) is 19.4 Å². The predicted molar refractivity (Wildman–Crippen MR) is 192 cm³/mol. The number of nitrogens with zero attached hydrogens (tertiary/aromatic N) is 1. The van der Waals surface area contributed by atoms with E-state index in [-0.39, 0.29) is 37.0 Å². The van der Waals surface area contributed by atoms with E-state index >= 15 is 0 Å². The van der Waals surface area contributed by atoms with Crippen LogP contribution in [0.4, 0.5) is 0 Å². The third kappa shape index (κ3) is 13.1. The molecule has 7 atom stereocenters. The Morgan fingerprint density at radius 3 is 2.20 bits per heavy atom. The largest absolute Gasteiger partial charge is 0.354 e. The summed E-state index contributed by atoms with van der Waals surface area (Å²) in [5.74, 6) is -3.35. The van der Waals surface area contributed by atoms with Gasteiger partial charge in [0.25, 0.3) is 0 Å². The molecular weight excluding hydrogens is 654 g/mol. The average Bonchev–Trinajstić information content (AvgIpc) is 3.53. The number of carbonyl (C=O) groups excluding carboxylic acids is 6. The van der Waals surface area contributed by atoms with Gasteiger partial charge in [0.1, 0.15) is 30.2 Å². The second kappa shape index (κ2) is 20.2. The van der Waals surface area contributed by atoms with Crippen molar-refractivity contribution >= 4 is 35.4 Å². The Morgan fingerprint density at radius 2 is 1.55 bits per heavy atom. The summed E-state index contributed by atoms with van der Waals surface area (Å²) in [5.41, 5.74) is 7.62. The van der Waals surface area contributed by atoms with Crippen molar-refractivity contribution < 1.29 is 28.8 Å². The zero-order valence-electron chi connectivity index (χ0n) is 30.3. The predicted octanol–water partition coefficient (Wildman–Crippen LogP) is 0.358. The molecule has 1 aliphatic rings. The fourth-order valence-electron chi connectivity index (χ4n) is 5.74. The molecule has 0 radical (unpaired) electrons. The maximum atomic E-state index is 13.7.